The zero-order valence-electron chi connectivity index (χ0n) is 8.69. The summed E-state index contributed by atoms with van der Waals surface area (Å²) in [5.74, 6) is 3.40. The van der Waals surface area contributed by atoms with E-state index in [-0.39, 0.29) is 16.4 Å². The quantitative estimate of drug-likeness (QED) is 0.254. The molecule has 0 saturated heterocycles. The van der Waals surface area contributed by atoms with Gasteiger partial charge in [0.15, 0.2) is 0 Å². The number of hydrogen-bond acceptors (Lipinski definition) is 4. The van der Waals surface area contributed by atoms with E-state index in [9.17, 15) is 21.9 Å². The third-order valence-corrected chi connectivity index (χ3v) is 2.26. The fraction of sp³-hybridized carbons (Fsp3) is 0.125. The summed E-state index contributed by atoms with van der Waals surface area (Å²) < 4.78 is 59.2. The molecule has 18 heavy (non-hydrogen) atoms. The van der Waals surface area contributed by atoms with Gasteiger partial charge in [-0.05, 0) is 24.3 Å². The Morgan fingerprint density at radius 3 is 2.28 bits per heavy atom. The summed E-state index contributed by atoms with van der Waals surface area (Å²) in [5.41, 5.74) is 0.0681. The molecule has 0 bridgehead atoms. The van der Waals surface area contributed by atoms with Crippen LogP contribution in [0.2, 0.25) is 0 Å². The number of hydrogen-bond donors (Lipinski definition) is 3. The van der Waals surface area contributed by atoms with Crippen LogP contribution >= 0.6 is 0 Å². The molecule has 1 rings (SSSR count). The highest BCUT2D eigenvalue weighted by molar-refractivity contribution is 7.80. The van der Waals surface area contributed by atoms with Crippen molar-refractivity contribution in [3.63, 3.8) is 0 Å². The first-order valence-corrected chi connectivity index (χ1v) is 5.46. The second-order valence-electron chi connectivity index (χ2n) is 3.10. The summed E-state index contributed by atoms with van der Waals surface area (Å²) in [6, 6.07) is 4.73. The molecular formula is C8H8F3N4O2S-. The van der Waals surface area contributed by atoms with Gasteiger partial charge in [-0.15, -0.1) is 0 Å². The molecule has 0 fully saturated rings. The second kappa shape index (κ2) is 5.33. The minimum absolute atomic E-state index is 0.0976. The van der Waals surface area contributed by atoms with E-state index in [0.29, 0.717) is 0 Å². The number of nitrogens with two attached hydrogens (primary N) is 1. The predicted octanol–water partition coefficient (Wildman–Crippen LogP) is 1.11. The molecule has 10 heteroatoms. The average molecular weight is 281 g/mol. The lowest BCUT2D eigenvalue weighted by Crippen LogP contribution is -2.45. The lowest BCUT2D eigenvalue weighted by Gasteiger charge is -2.21. The fourth-order valence-electron chi connectivity index (χ4n) is 1.05. The zero-order chi connectivity index (χ0) is 13.9. The van der Waals surface area contributed by atoms with Gasteiger partial charge >= 0.3 is 6.18 Å². The molecule has 0 aliphatic heterocycles. The Balaban J connectivity index is 2.85. The minimum Gasteiger partial charge on any atom is -0.755 e. The van der Waals surface area contributed by atoms with Gasteiger partial charge in [0.1, 0.15) is 0 Å². The zero-order valence-corrected chi connectivity index (χ0v) is 9.51. The molecule has 0 saturated carbocycles. The van der Waals surface area contributed by atoms with E-state index in [1.54, 1.807) is 0 Å². The van der Waals surface area contributed by atoms with Crippen molar-refractivity contribution < 1.29 is 21.9 Å². The normalized spacial score (nSPS) is 12.9. The third kappa shape index (κ3) is 3.68. The molecule has 0 radical (unpaired) electrons. The Morgan fingerprint density at radius 1 is 1.39 bits per heavy atom. The predicted molar refractivity (Wildman–Crippen MR) is 59.4 cm³/mol. The van der Waals surface area contributed by atoms with Gasteiger partial charge in [-0.25, -0.2) is 5.84 Å². The molecule has 0 aromatic heterocycles. The Morgan fingerprint density at radius 2 is 1.89 bits per heavy atom. The summed E-state index contributed by atoms with van der Waals surface area (Å²) in [4.78, 5) is 0. The van der Waals surface area contributed by atoms with Crippen LogP contribution in [0.3, 0.4) is 0 Å². The Hall–Kier alpha value is -1.65. The SMILES string of the molecule is N=C(N(N)c1ccc(NS(=O)[O-])cc1)C(F)(F)F. The number of anilines is 2. The maximum Gasteiger partial charge on any atom is 0.450 e. The Bertz CT molecular complexity index is 462. The van der Waals surface area contributed by atoms with Crippen LogP contribution in [0.5, 0.6) is 0 Å². The number of nitrogens with one attached hydrogen (secondary N) is 2. The molecule has 0 aliphatic carbocycles. The number of amidine groups is 1. The number of halogens is 3. The molecule has 0 aliphatic rings. The third-order valence-electron chi connectivity index (χ3n) is 1.86. The molecule has 1 aromatic carbocycles. The van der Waals surface area contributed by atoms with E-state index >= 15 is 0 Å². The van der Waals surface area contributed by atoms with Gasteiger partial charge in [0, 0.05) is 17.0 Å². The van der Waals surface area contributed by atoms with E-state index in [2.05, 4.69) is 0 Å². The van der Waals surface area contributed by atoms with Crippen LogP contribution in [-0.2, 0) is 11.3 Å². The van der Waals surface area contributed by atoms with Gasteiger partial charge < -0.3 is 9.27 Å². The lowest BCUT2D eigenvalue weighted by atomic mass is 10.3. The topological polar surface area (TPSA) is 105 Å². The summed E-state index contributed by atoms with van der Waals surface area (Å²) in [6.07, 6.45) is -4.86. The number of nitrogens with zero attached hydrogens (tertiary/aromatic N) is 1. The van der Waals surface area contributed by atoms with Crippen molar-refractivity contribution in [2.45, 2.75) is 6.18 Å². The van der Waals surface area contributed by atoms with Crippen LogP contribution in [-0.4, -0.2) is 20.8 Å². The first kappa shape index (κ1) is 14.4. The highest BCUT2D eigenvalue weighted by atomic mass is 32.2. The molecule has 1 unspecified atom stereocenters. The van der Waals surface area contributed by atoms with Crippen LogP contribution in [0.15, 0.2) is 24.3 Å². The van der Waals surface area contributed by atoms with Gasteiger partial charge in [-0.1, -0.05) is 0 Å². The van der Waals surface area contributed by atoms with Crippen LogP contribution in [0.1, 0.15) is 0 Å². The van der Waals surface area contributed by atoms with E-state index in [1.807, 2.05) is 4.72 Å². The first-order chi connectivity index (χ1) is 8.21. The average Bonchev–Trinajstić information content (AvgIpc) is 2.26. The monoisotopic (exact) mass is 281 g/mol. The van der Waals surface area contributed by atoms with E-state index in [4.69, 9.17) is 11.3 Å². The maximum absolute atomic E-state index is 12.2. The van der Waals surface area contributed by atoms with Crippen molar-refractivity contribution in [1.82, 2.24) is 0 Å². The number of alkyl halides is 3. The van der Waals surface area contributed by atoms with Crippen molar-refractivity contribution in [2.75, 3.05) is 9.73 Å². The molecule has 0 heterocycles. The van der Waals surface area contributed by atoms with Crippen molar-refractivity contribution in [3.8, 4) is 0 Å². The molecular weight excluding hydrogens is 273 g/mol. The van der Waals surface area contributed by atoms with Crippen molar-refractivity contribution in [2.24, 2.45) is 5.84 Å². The van der Waals surface area contributed by atoms with E-state index < -0.39 is 23.3 Å². The van der Waals surface area contributed by atoms with Crippen molar-refractivity contribution in [1.29, 1.82) is 5.41 Å². The van der Waals surface area contributed by atoms with E-state index in [1.165, 1.54) is 12.1 Å². The van der Waals surface area contributed by atoms with Crippen LogP contribution in [0.4, 0.5) is 24.5 Å². The molecule has 0 spiro atoms. The van der Waals surface area contributed by atoms with Gasteiger partial charge in [0.05, 0.1) is 5.69 Å². The number of benzene rings is 1. The largest absolute Gasteiger partial charge is 0.755 e. The van der Waals surface area contributed by atoms with Crippen LogP contribution in [0, 0.1) is 5.41 Å². The minimum atomic E-state index is -4.86. The Kier molecular flexibility index (Phi) is 4.27. The van der Waals surface area contributed by atoms with Crippen molar-refractivity contribution >= 4 is 28.5 Å². The summed E-state index contributed by atoms with van der Waals surface area (Å²) >= 11 is -2.52. The highest BCUT2D eigenvalue weighted by Gasteiger charge is 2.38. The number of hydrazine groups is 1. The molecule has 100 valence electrons. The molecule has 1 atom stereocenters. The van der Waals surface area contributed by atoms with Crippen LogP contribution in [0.25, 0.3) is 0 Å². The number of rotatable bonds is 3. The highest BCUT2D eigenvalue weighted by Crippen LogP contribution is 2.22. The summed E-state index contributed by atoms with van der Waals surface area (Å²) in [5, 5.41) is 6.96. The van der Waals surface area contributed by atoms with Crippen molar-refractivity contribution in [3.05, 3.63) is 24.3 Å². The molecule has 4 N–H and O–H groups in total. The second-order valence-corrected chi connectivity index (χ2v) is 3.77. The van der Waals surface area contributed by atoms with Gasteiger partial charge in [-0.2, -0.15) is 13.2 Å². The van der Waals surface area contributed by atoms with Gasteiger partial charge in [0.2, 0.25) is 5.84 Å². The first-order valence-electron chi connectivity index (χ1n) is 4.38. The lowest BCUT2D eigenvalue weighted by molar-refractivity contribution is -0.0610. The smallest absolute Gasteiger partial charge is 0.450 e. The molecule has 0 amide bonds. The molecule has 6 nitrogen and oxygen atoms in total. The van der Waals surface area contributed by atoms with E-state index in [0.717, 1.165) is 12.1 Å². The summed E-state index contributed by atoms with van der Waals surface area (Å²) in [7, 11) is 0. The summed E-state index contributed by atoms with van der Waals surface area (Å²) in [6.45, 7) is 0. The fourth-order valence-corrected chi connectivity index (χ4v) is 1.38. The molecule has 1 aromatic rings. The van der Waals surface area contributed by atoms with Gasteiger partial charge in [0.25, 0.3) is 0 Å². The Labute approximate surface area is 102 Å². The van der Waals surface area contributed by atoms with Gasteiger partial charge in [-0.3, -0.25) is 14.6 Å². The standard InChI is InChI=1S/C8H9F3N4O2S/c9-8(10,11)7(12)15(13)6-3-1-5(2-4-6)14-18(16)17/h1-4,12,14H,13H2,(H,16,17)/p-1. The maximum atomic E-state index is 12.2. The van der Waals surface area contributed by atoms with Crippen LogP contribution < -0.4 is 15.6 Å².